The Labute approximate surface area is 149 Å². The molecule has 1 N–H and O–H groups in total. The van der Waals surface area contributed by atoms with E-state index < -0.39 is 12.5 Å². The molecule has 0 aliphatic carbocycles. The first-order chi connectivity index (χ1) is 12.4. The summed E-state index contributed by atoms with van der Waals surface area (Å²) in [6.45, 7) is -3.10. The van der Waals surface area contributed by atoms with Gasteiger partial charge in [-0.1, -0.05) is 0 Å². The molecule has 138 valence electrons. The number of hydrogen-bond donors (Lipinski definition) is 1. The highest BCUT2D eigenvalue weighted by Gasteiger charge is 2.15. The normalized spacial score (nSPS) is 10.3. The average molecular weight is 364 g/mol. The molecule has 0 saturated carbocycles. The van der Waals surface area contributed by atoms with Crippen molar-refractivity contribution < 1.29 is 27.8 Å². The fourth-order valence-corrected chi connectivity index (χ4v) is 2.16. The molecule has 0 aromatic heterocycles. The van der Waals surface area contributed by atoms with Gasteiger partial charge in [0.15, 0.2) is 0 Å². The molecule has 0 saturated heterocycles. The van der Waals surface area contributed by atoms with E-state index in [1.165, 1.54) is 36.2 Å². The van der Waals surface area contributed by atoms with Crippen molar-refractivity contribution in [2.24, 2.45) is 0 Å². The SMILES string of the molecule is COc1ccc(NC(=O)CN(C)C(=O)c2ccc(OC(F)F)cc2)cc1. The van der Waals surface area contributed by atoms with Gasteiger partial charge in [0.2, 0.25) is 5.91 Å². The van der Waals surface area contributed by atoms with E-state index in [0.717, 1.165) is 0 Å². The molecule has 0 spiro atoms. The van der Waals surface area contributed by atoms with E-state index in [4.69, 9.17) is 4.74 Å². The number of rotatable bonds is 7. The van der Waals surface area contributed by atoms with Gasteiger partial charge in [0.1, 0.15) is 11.5 Å². The molecule has 8 heteroatoms. The van der Waals surface area contributed by atoms with E-state index in [1.54, 1.807) is 31.4 Å². The zero-order chi connectivity index (χ0) is 19.1. The van der Waals surface area contributed by atoms with Crippen LogP contribution in [-0.4, -0.2) is 44.0 Å². The van der Waals surface area contributed by atoms with Crippen LogP contribution in [-0.2, 0) is 4.79 Å². The van der Waals surface area contributed by atoms with Crippen LogP contribution in [0.2, 0.25) is 0 Å². The second-order valence-corrected chi connectivity index (χ2v) is 5.34. The van der Waals surface area contributed by atoms with Crippen LogP contribution in [0.1, 0.15) is 10.4 Å². The molecule has 0 heterocycles. The van der Waals surface area contributed by atoms with Gasteiger partial charge >= 0.3 is 6.61 Å². The van der Waals surface area contributed by atoms with Crippen molar-refractivity contribution in [3.05, 3.63) is 54.1 Å². The molecule has 2 amide bonds. The van der Waals surface area contributed by atoms with Gasteiger partial charge in [0, 0.05) is 18.3 Å². The standard InChI is InChI=1S/C18H18F2N2O4/c1-22(11-16(23)21-13-5-9-14(25-2)10-6-13)17(24)12-3-7-15(8-4-12)26-18(19)20/h3-10,18H,11H2,1-2H3,(H,21,23). The number of ether oxygens (including phenoxy) is 2. The summed E-state index contributed by atoms with van der Waals surface area (Å²) in [5.41, 5.74) is 0.830. The summed E-state index contributed by atoms with van der Waals surface area (Å²) in [5.74, 6) is -0.173. The molecule has 0 bridgehead atoms. The highest BCUT2D eigenvalue weighted by Crippen LogP contribution is 2.17. The number of methoxy groups -OCH3 is 1. The zero-order valence-electron chi connectivity index (χ0n) is 14.2. The predicted octanol–water partition coefficient (Wildman–Crippen LogP) is 3.01. The molecule has 2 rings (SSSR count). The number of anilines is 1. The van der Waals surface area contributed by atoms with Gasteiger partial charge in [0.25, 0.3) is 5.91 Å². The van der Waals surface area contributed by atoms with E-state index in [9.17, 15) is 18.4 Å². The number of nitrogens with zero attached hydrogens (tertiary/aromatic N) is 1. The zero-order valence-corrected chi connectivity index (χ0v) is 14.2. The lowest BCUT2D eigenvalue weighted by Crippen LogP contribution is -2.34. The van der Waals surface area contributed by atoms with Crippen LogP contribution in [0.15, 0.2) is 48.5 Å². The maximum absolute atomic E-state index is 12.3. The molecule has 0 aliphatic heterocycles. The summed E-state index contributed by atoms with van der Waals surface area (Å²) < 4.78 is 33.5. The summed E-state index contributed by atoms with van der Waals surface area (Å²) in [6.07, 6.45) is 0. The Kier molecular flexibility index (Phi) is 6.48. The van der Waals surface area contributed by atoms with Crippen LogP contribution < -0.4 is 14.8 Å². The van der Waals surface area contributed by atoms with Crippen LogP contribution >= 0.6 is 0 Å². The number of halogens is 2. The van der Waals surface area contributed by atoms with E-state index >= 15 is 0 Å². The van der Waals surface area contributed by atoms with Gasteiger partial charge in [-0.3, -0.25) is 9.59 Å². The van der Waals surface area contributed by atoms with Gasteiger partial charge < -0.3 is 19.7 Å². The van der Waals surface area contributed by atoms with Gasteiger partial charge in [0.05, 0.1) is 13.7 Å². The van der Waals surface area contributed by atoms with E-state index in [1.807, 2.05) is 0 Å². The Morgan fingerprint density at radius 1 is 1.04 bits per heavy atom. The molecular weight excluding hydrogens is 346 g/mol. The number of alkyl halides is 2. The molecule has 2 aromatic rings. The van der Waals surface area contributed by atoms with Crippen LogP contribution in [0.4, 0.5) is 14.5 Å². The smallest absolute Gasteiger partial charge is 0.387 e. The van der Waals surface area contributed by atoms with Crippen molar-refractivity contribution in [2.45, 2.75) is 6.61 Å². The minimum atomic E-state index is -2.93. The average Bonchev–Trinajstić information content (AvgIpc) is 2.61. The summed E-state index contributed by atoms with van der Waals surface area (Å²) in [6, 6.07) is 12.0. The van der Waals surface area contributed by atoms with Crippen molar-refractivity contribution in [3.8, 4) is 11.5 Å². The lowest BCUT2D eigenvalue weighted by Gasteiger charge is -2.17. The van der Waals surface area contributed by atoms with Crippen molar-refractivity contribution >= 4 is 17.5 Å². The Morgan fingerprint density at radius 3 is 2.15 bits per heavy atom. The largest absolute Gasteiger partial charge is 0.497 e. The van der Waals surface area contributed by atoms with Gasteiger partial charge in [-0.15, -0.1) is 0 Å². The van der Waals surface area contributed by atoms with Crippen LogP contribution in [0.25, 0.3) is 0 Å². The summed E-state index contributed by atoms with van der Waals surface area (Å²) in [5, 5.41) is 2.67. The molecule has 0 radical (unpaired) electrons. The summed E-state index contributed by atoms with van der Waals surface area (Å²) in [4.78, 5) is 25.6. The fraction of sp³-hybridized carbons (Fsp3) is 0.222. The van der Waals surface area contributed by atoms with Gasteiger partial charge in [-0.05, 0) is 48.5 Å². The van der Waals surface area contributed by atoms with Crippen molar-refractivity contribution in [1.82, 2.24) is 4.90 Å². The molecule has 0 atom stereocenters. The topological polar surface area (TPSA) is 67.9 Å². The third kappa shape index (κ3) is 5.44. The first kappa shape index (κ1) is 19.2. The highest BCUT2D eigenvalue weighted by atomic mass is 19.3. The number of carbonyl (C=O) groups is 2. The number of likely N-dealkylation sites (N-methyl/N-ethyl adjacent to an activating group) is 1. The Morgan fingerprint density at radius 2 is 1.62 bits per heavy atom. The molecule has 2 aromatic carbocycles. The second-order valence-electron chi connectivity index (χ2n) is 5.34. The van der Waals surface area contributed by atoms with Crippen molar-refractivity contribution in [3.63, 3.8) is 0 Å². The minimum Gasteiger partial charge on any atom is -0.497 e. The third-order valence-electron chi connectivity index (χ3n) is 3.43. The number of amides is 2. The van der Waals surface area contributed by atoms with E-state index in [0.29, 0.717) is 11.4 Å². The third-order valence-corrected chi connectivity index (χ3v) is 3.43. The van der Waals surface area contributed by atoms with Crippen molar-refractivity contribution in [2.75, 3.05) is 26.0 Å². The van der Waals surface area contributed by atoms with Crippen molar-refractivity contribution in [1.29, 1.82) is 0 Å². The Bertz CT molecular complexity index is 749. The number of hydrogen-bond acceptors (Lipinski definition) is 4. The number of nitrogens with one attached hydrogen (secondary N) is 1. The summed E-state index contributed by atoms with van der Waals surface area (Å²) in [7, 11) is 3.01. The number of benzene rings is 2. The quantitative estimate of drug-likeness (QED) is 0.820. The maximum atomic E-state index is 12.3. The Balaban J connectivity index is 1.91. The van der Waals surface area contributed by atoms with Crippen LogP contribution in [0.3, 0.4) is 0 Å². The predicted molar refractivity (Wildman–Crippen MR) is 91.7 cm³/mol. The second kappa shape index (κ2) is 8.80. The van der Waals surface area contributed by atoms with Gasteiger partial charge in [-0.2, -0.15) is 8.78 Å². The van der Waals surface area contributed by atoms with E-state index in [-0.39, 0.29) is 23.8 Å². The van der Waals surface area contributed by atoms with Crippen LogP contribution in [0, 0.1) is 0 Å². The minimum absolute atomic E-state index is 0.0450. The lowest BCUT2D eigenvalue weighted by atomic mass is 10.2. The maximum Gasteiger partial charge on any atom is 0.387 e. The Hall–Kier alpha value is -3.16. The molecule has 0 unspecified atom stereocenters. The first-order valence-corrected chi connectivity index (χ1v) is 7.63. The molecule has 26 heavy (non-hydrogen) atoms. The molecule has 0 aliphatic rings. The number of carbonyl (C=O) groups excluding carboxylic acids is 2. The lowest BCUT2D eigenvalue weighted by molar-refractivity contribution is -0.116. The monoisotopic (exact) mass is 364 g/mol. The fourth-order valence-electron chi connectivity index (χ4n) is 2.16. The first-order valence-electron chi connectivity index (χ1n) is 7.63. The summed E-state index contributed by atoms with van der Waals surface area (Å²) >= 11 is 0. The molecular formula is C18H18F2N2O4. The van der Waals surface area contributed by atoms with Crippen LogP contribution in [0.5, 0.6) is 11.5 Å². The molecule has 6 nitrogen and oxygen atoms in total. The molecule has 0 fully saturated rings. The van der Waals surface area contributed by atoms with E-state index in [2.05, 4.69) is 10.1 Å². The highest BCUT2D eigenvalue weighted by molar-refractivity contribution is 5.99. The van der Waals surface area contributed by atoms with Gasteiger partial charge in [-0.25, -0.2) is 0 Å².